The second-order valence-electron chi connectivity index (χ2n) is 4.06. The molecule has 1 amide bonds. The predicted molar refractivity (Wildman–Crippen MR) is 71.2 cm³/mol. The number of ether oxygens (including phenoxy) is 1. The fourth-order valence-corrected chi connectivity index (χ4v) is 2.10. The number of nitrogens with zero attached hydrogens (tertiary/aromatic N) is 2. The van der Waals surface area contributed by atoms with Crippen LogP contribution in [-0.4, -0.2) is 42.9 Å². The third kappa shape index (κ3) is 3.23. The monoisotopic (exact) mass is 284 g/mol. The molecule has 4 nitrogen and oxygen atoms in total. The van der Waals surface area contributed by atoms with Crippen LogP contribution in [0.15, 0.2) is 23.2 Å². The minimum Gasteiger partial charge on any atom is -0.480 e. The SMILES string of the molecule is CCOC1=NCCN(C(=O)c2ccc(F)cc2Cl)C1. The zero-order valence-electron chi connectivity index (χ0n) is 10.5. The fourth-order valence-electron chi connectivity index (χ4n) is 1.85. The van der Waals surface area contributed by atoms with Gasteiger partial charge in [-0.2, -0.15) is 0 Å². The Morgan fingerprint density at radius 1 is 1.58 bits per heavy atom. The minimum absolute atomic E-state index is 0.116. The molecule has 0 spiro atoms. The van der Waals surface area contributed by atoms with Crippen LogP contribution in [0.3, 0.4) is 0 Å². The molecule has 0 atom stereocenters. The van der Waals surface area contributed by atoms with Gasteiger partial charge in [-0.3, -0.25) is 9.79 Å². The largest absolute Gasteiger partial charge is 0.480 e. The molecule has 0 saturated heterocycles. The molecule has 1 aromatic rings. The predicted octanol–water partition coefficient (Wildman–Crippen LogP) is 2.37. The van der Waals surface area contributed by atoms with Crippen molar-refractivity contribution in [3.05, 3.63) is 34.6 Å². The average Bonchev–Trinajstić information content (AvgIpc) is 2.39. The van der Waals surface area contributed by atoms with Gasteiger partial charge in [-0.05, 0) is 25.1 Å². The molecule has 1 aliphatic heterocycles. The number of carbonyl (C=O) groups is 1. The lowest BCUT2D eigenvalue weighted by atomic mass is 10.2. The number of amides is 1. The number of hydrogen-bond donors (Lipinski definition) is 0. The van der Waals surface area contributed by atoms with Crippen molar-refractivity contribution in [1.82, 2.24) is 4.90 Å². The highest BCUT2D eigenvalue weighted by molar-refractivity contribution is 6.33. The van der Waals surface area contributed by atoms with E-state index in [4.69, 9.17) is 16.3 Å². The molecule has 1 heterocycles. The second-order valence-corrected chi connectivity index (χ2v) is 4.47. The van der Waals surface area contributed by atoms with E-state index >= 15 is 0 Å². The zero-order valence-corrected chi connectivity index (χ0v) is 11.3. The lowest BCUT2D eigenvalue weighted by Gasteiger charge is -2.26. The first-order valence-electron chi connectivity index (χ1n) is 6.02. The highest BCUT2D eigenvalue weighted by Crippen LogP contribution is 2.19. The molecule has 102 valence electrons. The number of hydrogen-bond acceptors (Lipinski definition) is 3. The van der Waals surface area contributed by atoms with Crippen LogP contribution in [0, 0.1) is 5.82 Å². The number of aliphatic imine (C=N–C) groups is 1. The Hall–Kier alpha value is -1.62. The van der Waals surface area contributed by atoms with Crippen molar-refractivity contribution >= 4 is 23.4 Å². The maximum absolute atomic E-state index is 13.0. The van der Waals surface area contributed by atoms with Gasteiger partial charge >= 0.3 is 0 Å². The maximum Gasteiger partial charge on any atom is 0.255 e. The molecule has 0 bridgehead atoms. The standard InChI is InChI=1S/C13H14ClFN2O2/c1-2-19-12-8-17(6-5-16-12)13(18)10-4-3-9(15)7-11(10)14/h3-4,7H,2,5-6,8H2,1H3. The molecule has 6 heteroatoms. The number of halogens is 2. The van der Waals surface area contributed by atoms with Gasteiger partial charge in [0.05, 0.1) is 30.3 Å². The van der Waals surface area contributed by atoms with Crippen LogP contribution in [0.4, 0.5) is 4.39 Å². The normalized spacial score (nSPS) is 15.1. The highest BCUT2D eigenvalue weighted by atomic mass is 35.5. The van der Waals surface area contributed by atoms with E-state index in [-0.39, 0.29) is 10.9 Å². The molecule has 0 radical (unpaired) electrons. The van der Waals surface area contributed by atoms with Gasteiger partial charge in [0.2, 0.25) is 5.90 Å². The van der Waals surface area contributed by atoms with Crippen LogP contribution in [0.2, 0.25) is 5.02 Å². The summed E-state index contributed by atoms with van der Waals surface area (Å²) in [4.78, 5) is 18.1. The summed E-state index contributed by atoms with van der Waals surface area (Å²) in [6.45, 7) is 3.70. The van der Waals surface area contributed by atoms with Gasteiger partial charge in [0, 0.05) is 6.54 Å². The summed E-state index contributed by atoms with van der Waals surface area (Å²) in [7, 11) is 0. The van der Waals surface area contributed by atoms with Crippen LogP contribution in [-0.2, 0) is 4.74 Å². The number of benzene rings is 1. The Morgan fingerprint density at radius 2 is 2.37 bits per heavy atom. The van der Waals surface area contributed by atoms with E-state index in [1.807, 2.05) is 6.92 Å². The second kappa shape index (κ2) is 6.02. The van der Waals surface area contributed by atoms with Crippen molar-refractivity contribution < 1.29 is 13.9 Å². The molecule has 2 rings (SSSR count). The topological polar surface area (TPSA) is 41.9 Å². The van der Waals surface area contributed by atoms with E-state index in [2.05, 4.69) is 4.99 Å². The van der Waals surface area contributed by atoms with E-state index in [9.17, 15) is 9.18 Å². The Balaban J connectivity index is 2.14. The van der Waals surface area contributed by atoms with Gasteiger partial charge in [0.25, 0.3) is 5.91 Å². The fraction of sp³-hybridized carbons (Fsp3) is 0.385. The Labute approximate surface area is 115 Å². The summed E-state index contributed by atoms with van der Waals surface area (Å²) in [5.74, 6) is -0.158. The molecule has 0 aromatic heterocycles. The first-order valence-corrected chi connectivity index (χ1v) is 6.40. The van der Waals surface area contributed by atoms with E-state index in [0.717, 1.165) is 6.07 Å². The van der Waals surface area contributed by atoms with Gasteiger partial charge in [-0.15, -0.1) is 0 Å². The average molecular weight is 285 g/mol. The Bertz CT molecular complexity index is 519. The van der Waals surface area contributed by atoms with Crippen molar-refractivity contribution in [1.29, 1.82) is 0 Å². The summed E-state index contributed by atoms with van der Waals surface area (Å²) in [5, 5.41) is 0.116. The summed E-state index contributed by atoms with van der Waals surface area (Å²) in [5.41, 5.74) is 0.292. The summed E-state index contributed by atoms with van der Waals surface area (Å²) >= 11 is 5.89. The maximum atomic E-state index is 13.0. The minimum atomic E-state index is -0.461. The van der Waals surface area contributed by atoms with Gasteiger partial charge in [-0.1, -0.05) is 11.6 Å². The van der Waals surface area contributed by atoms with Crippen LogP contribution < -0.4 is 0 Å². The molecule has 0 fully saturated rings. The molecule has 0 unspecified atom stereocenters. The molecular formula is C13H14ClFN2O2. The third-order valence-corrected chi connectivity index (χ3v) is 3.06. The molecule has 1 aromatic carbocycles. The molecular weight excluding hydrogens is 271 g/mol. The van der Waals surface area contributed by atoms with E-state index in [1.165, 1.54) is 12.1 Å². The summed E-state index contributed by atoms with van der Waals surface area (Å²) in [6, 6.07) is 3.75. The highest BCUT2D eigenvalue weighted by Gasteiger charge is 2.23. The van der Waals surface area contributed by atoms with E-state index in [0.29, 0.717) is 37.7 Å². The lowest BCUT2D eigenvalue weighted by molar-refractivity contribution is 0.0766. The molecule has 1 aliphatic rings. The summed E-state index contributed by atoms with van der Waals surface area (Å²) in [6.07, 6.45) is 0. The van der Waals surface area contributed by atoms with Crippen molar-refractivity contribution in [3.63, 3.8) is 0 Å². The number of rotatable bonds is 2. The molecule has 19 heavy (non-hydrogen) atoms. The van der Waals surface area contributed by atoms with Gasteiger partial charge in [-0.25, -0.2) is 4.39 Å². The van der Waals surface area contributed by atoms with Crippen LogP contribution in [0.25, 0.3) is 0 Å². The third-order valence-electron chi connectivity index (χ3n) is 2.74. The van der Waals surface area contributed by atoms with Crippen molar-refractivity contribution in [3.8, 4) is 0 Å². The van der Waals surface area contributed by atoms with Crippen LogP contribution >= 0.6 is 11.6 Å². The zero-order chi connectivity index (χ0) is 13.8. The quantitative estimate of drug-likeness (QED) is 0.837. The Kier molecular flexibility index (Phi) is 4.37. The van der Waals surface area contributed by atoms with Crippen molar-refractivity contribution in [2.75, 3.05) is 26.2 Å². The number of carbonyl (C=O) groups excluding carboxylic acids is 1. The summed E-state index contributed by atoms with van der Waals surface area (Å²) < 4.78 is 18.3. The van der Waals surface area contributed by atoms with E-state index < -0.39 is 5.82 Å². The lowest BCUT2D eigenvalue weighted by Crippen LogP contribution is -2.41. The van der Waals surface area contributed by atoms with Crippen molar-refractivity contribution in [2.24, 2.45) is 4.99 Å². The Morgan fingerprint density at radius 3 is 3.05 bits per heavy atom. The first-order chi connectivity index (χ1) is 9.11. The van der Waals surface area contributed by atoms with Crippen molar-refractivity contribution in [2.45, 2.75) is 6.92 Å². The smallest absolute Gasteiger partial charge is 0.255 e. The molecule has 0 saturated carbocycles. The van der Waals surface area contributed by atoms with Crippen LogP contribution in [0.1, 0.15) is 17.3 Å². The van der Waals surface area contributed by atoms with Gasteiger partial charge in [0.1, 0.15) is 5.82 Å². The van der Waals surface area contributed by atoms with E-state index in [1.54, 1.807) is 4.90 Å². The molecule has 0 N–H and O–H groups in total. The van der Waals surface area contributed by atoms with Gasteiger partial charge < -0.3 is 9.64 Å². The molecule has 0 aliphatic carbocycles. The first kappa shape index (κ1) is 13.8. The van der Waals surface area contributed by atoms with Crippen LogP contribution in [0.5, 0.6) is 0 Å². The van der Waals surface area contributed by atoms with Gasteiger partial charge in [0.15, 0.2) is 0 Å².